The number of hydrogen-bond donors (Lipinski definition) is 2. The fourth-order valence-corrected chi connectivity index (χ4v) is 4.25. The Bertz CT molecular complexity index is 932. The maximum absolute atomic E-state index is 12.3. The number of nitrogens with one attached hydrogen (secondary N) is 1. The molecular weight excluding hydrogens is 551 g/mol. The van der Waals surface area contributed by atoms with Gasteiger partial charge in [0, 0.05) is 6.54 Å². The van der Waals surface area contributed by atoms with Crippen molar-refractivity contribution in [3.63, 3.8) is 0 Å². The zero-order valence-electron chi connectivity index (χ0n) is 15.3. The molecule has 0 fully saturated rings. The Hall–Kier alpha value is -2.38. The highest BCUT2D eigenvalue weighted by Crippen LogP contribution is 2.32. The molecule has 0 aliphatic heterocycles. The summed E-state index contributed by atoms with van der Waals surface area (Å²) in [4.78, 5) is 23.0. The van der Waals surface area contributed by atoms with Crippen molar-refractivity contribution < 1.29 is 19.4 Å². The van der Waals surface area contributed by atoms with Gasteiger partial charge in [-0.15, -0.1) is 0 Å². The Morgan fingerprint density at radius 2 is 2.00 bits per heavy atom. The summed E-state index contributed by atoms with van der Waals surface area (Å²) in [6.45, 7) is 0.00850. The van der Waals surface area contributed by atoms with E-state index in [0.29, 0.717) is 25.9 Å². The van der Waals surface area contributed by atoms with Crippen molar-refractivity contribution in [1.29, 1.82) is 5.26 Å². The Morgan fingerprint density at radius 1 is 1.28 bits per heavy atom. The number of carboxylic acids is 1. The molecule has 0 atom stereocenters. The number of carbonyl (C=O) groups excluding carboxylic acids is 1. The fourth-order valence-electron chi connectivity index (χ4n) is 2.48. The van der Waals surface area contributed by atoms with Gasteiger partial charge in [0.1, 0.15) is 17.4 Å². The van der Waals surface area contributed by atoms with Crippen molar-refractivity contribution >= 4 is 56.5 Å². The minimum absolute atomic E-state index is 0.00776. The largest absolute Gasteiger partial charge is 0.480 e. The third-order valence-electron chi connectivity index (χ3n) is 3.81. The first-order valence-electron chi connectivity index (χ1n) is 8.68. The van der Waals surface area contributed by atoms with Gasteiger partial charge >= 0.3 is 5.97 Å². The van der Waals surface area contributed by atoms with Crippen molar-refractivity contribution in [2.45, 2.75) is 12.8 Å². The quantitative estimate of drug-likeness (QED) is 0.205. The number of rotatable bonds is 9. The Balaban J connectivity index is 1.99. The summed E-state index contributed by atoms with van der Waals surface area (Å²) in [5.41, 5.74) is 1.81. The van der Waals surface area contributed by atoms with Gasteiger partial charge in [-0.3, -0.25) is 4.79 Å². The van der Waals surface area contributed by atoms with E-state index in [-0.39, 0.29) is 5.57 Å². The second kappa shape index (κ2) is 11.6. The van der Waals surface area contributed by atoms with E-state index in [1.807, 2.05) is 59.0 Å². The monoisotopic (exact) mass is 568 g/mol. The molecule has 0 radical (unpaired) electrons. The zero-order valence-corrected chi connectivity index (χ0v) is 19.1. The topological polar surface area (TPSA) is 99.4 Å². The van der Waals surface area contributed by atoms with Crippen molar-refractivity contribution in [2.24, 2.45) is 0 Å². The smallest absolute Gasteiger partial charge is 0.341 e. The van der Waals surface area contributed by atoms with Crippen LogP contribution in [0.2, 0.25) is 0 Å². The summed E-state index contributed by atoms with van der Waals surface area (Å²) < 4.78 is 6.44. The second-order valence-electron chi connectivity index (χ2n) is 6.01. The van der Waals surface area contributed by atoms with Crippen LogP contribution in [0.4, 0.5) is 0 Å². The fraction of sp³-hybridized carbons (Fsp3) is 0.190. The van der Waals surface area contributed by atoms with Gasteiger partial charge in [-0.25, -0.2) is 4.79 Å². The summed E-state index contributed by atoms with van der Waals surface area (Å²) in [5.74, 6) is -1.11. The van der Waals surface area contributed by atoms with Gasteiger partial charge < -0.3 is 15.2 Å². The third-order valence-corrected chi connectivity index (χ3v) is 5.20. The Labute approximate surface area is 190 Å². The van der Waals surface area contributed by atoms with Crippen LogP contribution < -0.4 is 10.1 Å². The third kappa shape index (κ3) is 7.51. The van der Waals surface area contributed by atoms with Crippen LogP contribution in [0.3, 0.4) is 0 Å². The van der Waals surface area contributed by atoms with Crippen molar-refractivity contribution in [3.05, 3.63) is 67.2 Å². The van der Waals surface area contributed by atoms with Crippen molar-refractivity contribution in [1.82, 2.24) is 5.32 Å². The van der Waals surface area contributed by atoms with E-state index in [4.69, 9.17) is 9.84 Å². The molecule has 0 bridgehead atoms. The van der Waals surface area contributed by atoms with Gasteiger partial charge in [0.15, 0.2) is 6.61 Å². The van der Waals surface area contributed by atoms with Crippen LogP contribution in [0.5, 0.6) is 5.75 Å². The molecule has 0 saturated carbocycles. The Kier molecular flexibility index (Phi) is 9.15. The molecule has 150 valence electrons. The molecule has 0 aromatic heterocycles. The molecule has 29 heavy (non-hydrogen) atoms. The highest BCUT2D eigenvalue weighted by Gasteiger charge is 2.13. The number of carboxylic acid groups (broad SMARTS) is 1. The summed E-state index contributed by atoms with van der Waals surface area (Å²) in [6.07, 6.45) is 3.10. The predicted octanol–water partition coefficient (Wildman–Crippen LogP) is 4.17. The lowest BCUT2D eigenvalue weighted by Gasteiger charge is -2.10. The first-order chi connectivity index (χ1) is 13.9. The minimum atomic E-state index is -1.08. The predicted molar refractivity (Wildman–Crippen MR) is 121 cm³/mol. The summed E-state index contributed by atoms with van der Waals surface area (Å²) >= 11 is 5.34. The molecule has 2 aromatic carbocycles. The van der Waals surface area contributed by atoms with Crippen LogP contribution in [0.1, 0.15) is 17.5 Å². The number of hydrogen-bond acceptors (Lipinski definition) is 4. The summed E-state index contributed by atoms with van der Waals surface area (Å²) in [5, 5.41) is 20.9. The number of aliphatic carboxylic acids is 1. The SMILES string of the molecule is N#C/C(=C/c1cc(Br)c(OCC(=O)O)c(I)c1)C(=O)NCCCc1ccccc1. The number of ether oxygens (including phenoxy) is 1. The van der Waals surface area contributed by atoms with E-state index < -0.39 is 18.5 Å². The highest BCUT2D eigenvalue weighted by atomic mass is 127. The minimum Gasteiger partial charge on any atom is -0.480 e. The van der Waals surface area contributed by atoms with Gasteiger partial charge in [-0.05, 0) is 80.7 Å². The molecule has 1 amide bonds. The van der Waals surface area contributed by atoms with Gasteiger partial charge in [0.2, 0.25) is 0 Å². The van der Waals surface area contributed by atoms with E-state index in [0.717, 1.165) is 12.8 Å². The van der Waals surface area contributed by atoms with Gasteiger partial charge in [0.25, 0.3) is 5.91 Å². The first kappa shape index (κ1) is 22.9. The standard InChI is InChI=1S/C21H18BrIN2O4/c22-17-10-15(11-18(23)20(17)29-13-19(26)27)9-16(12-24)21(28)25-8-4-7-14-5-2-1-3-6-14/h1-3,5-6,9-11H,4,7-8,13H2,(H,25,28)(H,26,27)/b16-9-. The number of benzene rings is 2. The van der Waals surface area contributed by atoms with Crippen LogP contribution in [0.15, 0.2) is 52.5 Å². The Morgan fingerprint density at radius 3 is 2.62 bits per heavy atom. The molecule has 0 unspecified atom stereocenters. The molecule has 8 heteroatoms. The van der Waals surface area contributed by atoms with Gasteiger partial charge in [-0.2, -0.15) is 5.26 Å². The first-order valence-corrected chi connectivity index (χ1v) is 10.6. The normalized spacial score (nSPS) is 10.9. The molecule has 2 aromatic rings. The molecule has 2 rings (SSSR count). The molecule has 0 aliphatic rings. The molecule has 0 aliphatic carbocycles. The molecular formula is C21H18BrIN2O4. The number of nitrogens with zero attached hydrogens (tertiary/aromatic N) is 1. The van der Waals surface area contributed by atoms with Crippen LogP contribution >= 0.6 is 38.5 Å². The number of nitriles is 1. The van der Waals surface area contributed by atoms with Crippen LogP contribution in [-0.2, 0) is 16.0 Å². The lowest BCUT2D eigenvalue weighted by molar-refractivity contribution is -0.139. The number of amides is 1. The van der Waals surface area contributed by atoms with Crippen molar-refractivity contribution in [3.8, 4) is 11.8 Å². The van der Waals surface area contributed by atoms with E-state index in [1.165, 1.54) is 11.6 Å². The lowest BCUT2D eigenvalue weighted by Crippen LogP contribution is -2.25. The zero-order chi connectivity index (χ0) is 21.2. The second-order valence-corrected chi connectivity index (χ2v) is 8.03. The van der Waals surface area contributed by atoms with Crippen molar-refractivity contribution in [2.75, 3.05) is 13.2 Å². The molecule has 0 saturated heterocycles. The maximum atomic E-state index is 12.3. The number of aryl methyl sites for hydroxylation is 1. The molecule has 2 N–H and O–H groups in total. The molecule has 0 spiro atoms. The molecule has 0 heterocycles. The van der Waals surface area contributed by atoms with Gasteiger partial charge in [0.05, 0.1) is 8.04 Å². The molecule has 6 nitrogen and oxygen atoms in total. The van der Waals surface area contributed by atoms with E-state index >= 15 is 0 Å². The maximum Gasteiger partial charge on any atom is 0.341 e. The average Bonchev–Trinajstić information content (AvgIpc) is 2.69. The lowest BCUT2D eigenvalue weighted by atomic mass is 10.1. The number of carbonyl (C=O) groups is 2. The van der Waals surface area contributed by atoms with Gasteiger partial charge in [-0.1, -0.05) is 30.3 Å². The van der Waals surface area contributed by atoms with Crippen LogP contribution in [0.25, 0.3) is 6.08 Å². The van der Waals surface area contributed by atoms with Crippen LogP contribution in [0, 0.1) is 14.9 Å². The van der Waals surface area contributed by atoms with E-state index in [9.17, 15) is 14.9 Å². The highest BCUT2D eigenvalue weighted by molar-refractivity contribution is 14.1. The summed E-state index contributed by atoms with van der Waals surface area (Å²) in [7, 11) is 0. The summed E-state index contributed by atoms with van der Waals surface area (Å²) in [6, 6.07) is 15.3. The van der Waals surface area contributed by atoms with Crippen LogP contribution in [-0.4, -0.2) is 30.1 Å². The average molecular weight is 569 g/mol. The van der Waals surface area contributed by atoms with E-state index in [2.05, 4.69) is 21.2 Å². The van der Waals surface area contributed by atoms with E-state index in [1.54, 1.807) is 12.1 Å². The number of halogens is 2.